The first-order valence-corrected chi connectivity index (χ1v) is 14.0. The number of nitrogens with one attached hydrogen (secondary N) is 2. The molecular weight excluding hydrogens is 542 g/mol. The van der Waals surface area contributed by atoms with Crippen LogP contribution in [0, 0.1) is 0 Å². The minimum absolute atomic E-state index is 0.0224. The zero-order valence-corrected chi connectivity index (χ0v) is 23.4. The van der Waals surface area contributed by atoms with Crippen LogP contribution in [0.25, 0.3) is 0 Å². The molecule has 2 aliphatic rings. The van der Waals surface area contributed by atoms with Crippen molar-refractivity contribution in [3.8, 4) is 11.5 Å². The van der Waals surface area contributed by atoms with Crippen LogP contribution in [0.5, 0.6) is 11.5 Å². The number of fused-ring (bicyclic) bond motifs is 3. The van der Waals surface area contributed by atoms with Gasteiger partial charge in [0.2, 0.25) is 11.8 Å². The zero-order chi connectivity index (χ0) is 28.8. The van der Waals surface area contributed by atoms with E-state index in [1.165, 1.54) is 12.0 Å². The van der Waals surface area contributed by atoms with Gasteiger partial charge in [0.05, 0.1) is 31.3 Å². The Morgan fingerprint density at radius 2 is 1.71 bits per heavy atom. The summed E-state index contributed by atoms with van der Waals surface area (Å²) in [6.45, 7) is 0.375. The van der Waals surface area contributed by atoms with Crippen LogP contribution in [-0.2, 0) is 20.9 Å². The fourth-order valence-corrected chi connectivity index (χ4v) is 5.25. The molecule has 0 aromatic heterocycles. The van der Waals surface area contributed by atoms with Crippen molar-refractivity contribution in [1.82, 2.24) is 10.2 Å². The Morgan fingerprint density at radius 3 is 2.49 bits per heavy atom. The van der Waals surface area contributed by atoms with Gasteiger partial charge in [-0.3, -0.25) is 19.4 Å². The summed E-state index contributed by atoms with van der Waals surface area (Å²) >= 11 is 1.15. The second kappa shape index (κ2) is 12.7. The smallest absolute Gasteiger partial charge is 0.259 e. The van der Waals surface area contributed by atoms with Crippen molar-refractivity contribution in [1.29, 1.82) is 0 Å². The molecule has 0 saturated heterocycles. The van der Waals surface area contributed by atoms with Crippen molar-refractivity contribution in [3.05, 3.63) is 83.9 Å². The predicted molar refractivity (Wildman–Crippen MR) is 159 cm³/mol. The lowest BCUT2D eigenvalue weighted by molar-refractivity contribution is -0.125. The topological polar surface area (TPSA) is 122 Å². The van der Waals surface area contributed by atoms with Crippen LogP contribution in [0.3, 0.4) is 0 Å². The van der Waals surface area contributed by atoms with Gasteiger partial charge in [-0.05, 0) is 48.4 Å². The molecule has 3 amide bonds. The highest BCUT2D eigenvalue weighted by molar-refractivity contribution is 8.14. The Bertz CT molecular complexity index is 1520. The molecule has 1 atom stereocenters. The third-order valence-corrected chi connectivity index (χ3v) is 7.49. The molecule has 0 radical (unpaired) electrons. The van der Waals surface area contributed by atoms with E-state index < -0.39 is 6.04 Å². The average Bonchev–Trinajstić information content (AvgIpc) is 3.34. The molecule has 3 aromatic carbocycles. The molecule has 41 heavy (non-hydrogen) atoms. The number of methoxy groups -OCH3 is 2. The molecule has 0 spiro atoms. The molecule has 0 aliphatic carbocycles. The van der Waals surface area contributed by atoms with Gasteiger partial charge in [0.25, 0.3) is 5.91 Å². The fraction of sp³-hybridized carbons (Fsp3) is 0.233. The third kappa shape index (κ3) is 6.41. The Balaban J connectivity index is 1.22. The number of benzene rings is 3. The second-order valence-electron chi connectivity index (χ2n) is 9.25. The number of nitrogens with zero attached hydrogens (tertiary/aromatic N) is 3. The highest BCUT2D eigenvalue weighted by Gasteiger charge is 2.41. The number of aliphatic imine (C=N–C) groups is 2. The largest absolute Gasteiger partial charge is 0.497 e. The van der Waals surface area contributed by atoms with E-state index >= 15 is 0 Å². The van der Waals surface area contributed by atoms with Gasteiger partial charge in [0, 0.05) is 18.5 Å². The number of hydrogen-bond acceptors (Lipinski definition) is 8. The van der Waals surface area contributed by atoms with Gasteiger partial charge in [0.15, 0.2) is 5.17 Å². The number of anilines is 1. The zero-order valence-electron chi connectivity index (χ0n) is 22.6. The molecule has 2 N–H and O–H groups in total. The van der Waals surface area contributed by atoms with E-state index in [0.29, 0.717) is 34.7 Å². The molecule has 2 heterocycles. The minimum atomic E-state index is -0.726. The highest BCUT2D eigenvalue weighted by Crippen LogP contribution is 2.34. The summed E-state index contributed by atoms with van der Waals surface area (Å²) in [6, 6.07) is 21.3. The van der Waals surface area contributed by atoms with Crippen LogP contribution in [0.15, 0.2) is 82.8 Å². The Kier molecular flexibility index (Phi) is 8.64. The van der Waals surface area contributed by atoms with Crippen molar-refractivity contribution >= 4 is 51.9 Å². The van der Waals surface area contributed by atoms with Gasteiger partial charge >= 0.3 is 0 Å². The first-order valence-electron chi connectivity index (χ1n) is 13.0. The Morgan fingerprint density at radius 1 is 0.951 bits per heavy atom. The van der Waals surface area contributed by atoms with Crippen LogP contribution in [0.4, 0.5) is 11.4 Å². The standard InChI is InChI=1S/C30H29N5O5S/c1-39-20-13-11-19(12-14-20)17-31-26(36)16-15-24-29(38)35-28(33-24)21-7-3-4-8-22(21)34-30(35)41-18-27(37)32-23-9-5-6-10-25(23)40-2/h3-14,24H,15-18H2,1-2H3,(H,31,36)(H,32,37). The average molecular weight is 572 g/mol. The lowest BCUT2D eigenvalue weighted by Gasteiger charge is -2.25. The van der Waals surface area contributed by atoms with Crippen molar-refractivity contribution in [3.63, 3.8) is 0 Å². The van der Waals surface area contributed by atoms with E-state index in [1.54, 1.807) is 25.3 Å². The maximum atomic E-state index is 13.5. The Labute approximate surface area is 241 Å². The third-order valence-electron chi connectivity index (χ3n) is 6.55. The number of ether oxygens (including phenoxy) is 2. The van der Waals surface area contributed by atoms with E-state index in [9.17, 15) is 14.4 Å². The first-order chi connectivity index (χ1) is 20.0. The quantitative estimate of drug-likeness (QED) is 0.378. The molecule has 210 valence electrons. The molecular formula is C30H29N5O5S. The van der Waals surface area contributed by atoms with E-state index in [4.69, 9.17) is 14.5 Å². The van der Waals surface area contributed by atoms with E-state index in [0.717, 1.165) is 28.6 Å². The second-order valence-corrected chi connectivity index (χ2v) is 10.2. The van der Waals surface area contributed by atoms with Crippen LogP contribution in [0.2, 0.25) is 0 Å². The van der Waals surface area contributed by atoms with Gasteiger partial charge < -0.3 is 20.1 Å². The van der Waals surface area contributed by atoms with Crippen molar-refractivity contribution in [2.24, 2.45) is 9.98 Å². The number of hydrogen-bond donors (Lipinski definition) is 2. The lowest BCUT2D eigenvalue weighted by atomic mass is 10.1. The molecule has 5 rings (SSSR count). The van der Waals surface area contributed by atoms with Crippen molar-refractivity contribution < 1.29 is 23.9 Å². The molecule has 1 unspecified atom stereocenters. The SMILES string of the molecule is COc1ccc(CNC(=O)CCC2N=C3c4ccccc4N=C(SCC(=O)Nc4ccccc4OC)N3C2=O)cc1. The highest BCUT2D eigenvalue weighted by atomic mass is 32.2. The maximum Gasteiger partial charge on any atom is 0.259 e. The summed E-state index contributed by atoms with van der Waals surface area (Å²) in [5.41, 5.74) is 2.90. The summed E-state index contributed by atoms with van der Waals surface area (Å²) in [6.07, 6.45) is 0.390. The predicted octanol–water partition coefficient (Wildman–Crippen LogP) is 4.13. The van der Waals surface area contributed by atoms with Crippen LogP contribution < -0.4 is 20.1 Å². The first kappa shape index (κ1) is 27.9. The maximum absolute atomic E-state index is 13.5. The number of amides is 3. The molecule has 10 nitrogen and oxygen atoms in total. The number of carbonyl (C=O) groups excluding carboxylic acids is 3. The number of thioether (sulfide) groups is 1. The van der Waals surface area contributed by atoms with Crippen LogP contribution in [-0.4, -0.2) is 59.6 Å². The molecule has 3 aromatic rings. The minimum Gasteiger partial charge on any atom is -0.497 e. The molecule has 11 heteroatoms. The van der Waals surface area contributed by atoms with Crippen LogP contribution in [0.1, 0.15) is 24.0 Å². The molecule has 0 saturated carbocycles. The summed E-state index contributed by atoms with van der Waals surface area (Å²) in [7, 11) is 3.14. The van der Waals surface area contributed by atoms with Crippen molar-refractivity contribution in [2.45, 2.75) is 25.4 Å². The summed E-state index contributed by atoms with van der Waals surface area (Å²) in [5, 5.41) is 6.10. The van der Waals surface area contributed by atoms with Crippen LogP contribution >= 0.6 is 11.8 Å². The Hall–Kier alpha value is -4.64. The monoisotopic (exact) mass is 571 g/mol. The molecule has 0 bridgehead atoms. The summed E-state index contributed by atoms with van der Waals surface area (Å²) in [4.78, 5) is 49.6. The molecule has 0 fully saturated rings. The van der Waals surface area contributed by atoms with E-state index in [2.05, 4.69) is 15.6 Å². The number of carbonyl (C=O) groups is 3. The van der Waals surface area contributed by atoms with Gasteiger partial charge in [-0.25, -0.2) is 9.89 Å². The summed E-state index contributed by atoms with van der Waals surface area (Å²) in [5.74, 6) is 1.09. The van der Waals surface area contributed by atoms with Gasteiger partial charge in [-0.15, -0.1) is 0 Å². The normalized spacial score (nSPS) is 15.3. The van der Waals surface area contributed by atoms with Crippen molar-refractivity contribution in [2.75, 3.05) is 25.3 Å². The van der Waals surface area contributed by atoms with Gasteiger partial charge in [-0.2, -0.15) is 0 Å². The van der Waals surface area contributed by atoms with Gasteiger partial charge in [-0.1, -0.05) is 48.2 Å². The summed E-state index contributed by atoms with van der Waals surface area (Å²) < 4.78 is 10.5. The lowest BCUT2D eigenvalue weighted by Crippen LogP contribution is -2.41. The number of amidine groups is 2. The number of para-hydroxylation sites is 3. The molecule has 2 aliphatic heterocycles. The fourth-order valence-electron chi connectivity index (χ4n) is 4.45. The number of rotatable bonds is 10. The van der Waals surface area contributed by atoms with Gasteiger partial charge in [0.1, 0.15) is 23.4 Å². The van der Waals surface area contributed by atoms with E-state index in [-0.39, 0.29) is 36.3 Å². The van der Waals surface area contributed by atoms with E-state index in [1.807, 2.05) is 54.6 Å².